The first-order chi connectivity index (χ1) is 3.77. The molecule has 0 saturated heterocycles. The zero-order chi connectivity index (χ0) is 6.41. The third-order valence-corrected chi connectivity index (χ3v) is 1.53. The van der Waals surface area contributed by atoms with Crippen molar-refractivity contribution in [3.63, 3.8) is 0 Å². The van der Waals surface area contributed by atoms with Crippen LogP contribution in [0.2, 0.25) is 0 Å². The maximum atomic E-state index is 9.76. The standard InChI is InChI=1S/C5H9IO2.Na/c6-4-2-1-3-5(7)8;/h1-4H2,(H,7,8);/q;+1/p-1. The zero-order valence-electron chi connectivity index (χ0n) is 5.52. The van der Waals surface area contributed by atoms with Gasteiger partial charge in [0, 0.05) is 5.97 Å². The summed E-state index contributed by atoms with van der Waals surface area (Å²) in [7, 11) is 0. The molecule has 0 unspecified atom stereocenters. The quantitative estimate of drug-likeness (QED) is 0.236. The minimum absolute atomic E-state index is 0. The Morgan fingerprint density at radius 1 is 1.44 bits per heavy atom. The second-order valence-electron chi connectivity index (χ2n) is 1.52. The summed E-state index contributed by atoms with van der Waals surface area (Å²) in [6.45, 7) is 0. The Morgan fingerprint density at radius 2 is 2.00 bits per heavy atom. The fourth-order valence-corrected chi connectivity index (χ4v) is 0.903. The largest absolute Gasteiger partial charge is 1.00 e. The molecule has 0 aromatic heterocycles. The predicted molar refractivity (Wildman–Crippen MR) is 37.7 cm³/mol. The molecule has 0 heterocycles. The third kappa shape index (κ3) is 12.4. The molecule has 0 aliphatic carbocycles. The summed E-state index contributed by atoms with van der Waals surface area (Å²) in [5, 5.41) is 9.76. The first kappa shape index (κ1) is 12.8. The summed E-state index contributed by atoms with van der Waals surface area (Å²) >= 11 is 2.22. The number of carbonyl (C=O) groups is 1. The van der Waals surface area contributed by atoms with Crippen molar-refractivity contribution in [2.24, 2.45) is 0 Å². The van der Waals surface area contributed by atoms with E-state index in [0.29, 0.717) is 0 Å². The zero-order valence-corrected chi connectivity index (χ0v) is 9.68. The molecule has 0 radical (unpaired) electrons. The minimum atomic E-state index is -0.935. The Bertz CT molecular complexity index is 77.4. The number of carboxylic acid groups (broad SMARTS) is 1. The molecule has 0 aromatic carbocycles. The molecule has 2 nitrogen and oxygen atoms in total. The molecular formula is C5H8INaO2. The number of carbonyl (C=O) groups excluding carboxylic acids is 1. The van der Waals surface area contributed by atoms with Crippen LogP contribution in [0.4, 0.5) is 0 Å². The Hall–Kier alpha value is 1.20. The molecule has 9 heavy (non-hydrogen) atoms. The molecule has 0 aromatic rings. The van der Waals surface area contributed by atoms with Gasteiger partial charge in [0.25, 0.3) is 0 Å². The van der Waals surface area contributed by atoms with E-state index in [0.717, 1.165) is 17.3 Å². The van der Waals surface area contributed by atoms with Crippen molar-refractivity contribution in [2.75, 3.05) is 4.43 Å². The van der Waals surface area contributed by atoms with Crippen molar-refractivity contribution >= 4 is 28.6 Å². The van der Waals surface area contributed by atoms with E-state index in [2.05, 4.69) is 22.6 Å². The van der Waals surface area contributed by atoms with E-state index in [1.807, 2.05) is 0 Å². The van der Waals surface area contributed by atoms with E-state index in [1.54, 1.807) is 0 Å². The van der Waals surface area contributed by atoms with Crippen LogP contribution in [-0.2, 0) is 4.79 Å². The summed E-state index contributed by atoms with van der Waals surface area (Å²) in [4.78, 5) is 9.76. The average molecular weight is 250 g/mol. The fraction of sp³-hybridized carbons (Fsp3) is 0.800. The van der Waals surface area contributed by atoms with Crippen molar-refractivity contribution in [1.82, 2.24) is 0 Å². The number of hydrogen-bond donors (Lipinski definition) is 0. The van der Waals surface area contributed by atoms with Gasteiger partial charge in [-0.15, -0.1) is 0 Å². The number of hydrogen-bond acceptors (Lipinski definition) is 2. The van der Waals surface area contributed by atoms with Gasteiger partial charge in [-0.05, 0) is 23.7 Å². The second-order valence-corrected chi connectivity index (χ2v) is 2.60. The summed E-state index contributed by atoms with van der Waals surface area (Å²) in [6.07, 6.45) is 1.95. The molecule has 0 rings (SSSR count). The van der Waals surface area contributed by atoms with Crippen molar-refractivity contribution < 1.29 is 39.5 Å². The van der Waals surface area contributed by atoms with E-state index in [4.69, 9.17) is 0 Å². The fourth-order valence-electron chi connectivity index (χ4n) is 0.364. The maximum Gasteiger partial charge on any atom is 1.00 e. The Balaban J connectivity index is 0. The molecule has 0 N–H and O–H groups in total. The number of carboxylic acids is 1. The number of aliphatic carboxylic acids is 1. The number of halogens is 1. The molecular weight excluding hydrogens is 242 g/mol. The van der Waals surface area contributed by atoms with Crippen LogP contribution in [0.1, 0.15) is 19.3 Å². The summed E-state index contributed by atoms with van der Waals surface area (Å²) < 4.78 is 1.03. The van der Waals surface area contributed by atoms with E-state index >= 15 is 0 Å². The van der Waals surface area contributed by atoms with Gasteiger partial charge in [0.1, 0.15) is 0 Å². The number of rotatable bonds is 4. The molecule has 48 valence electrons. The molecule has 0 bridgehead atoms. The van der Waals surface area contributed by atoms with Gasteiger partial charge < -0.3 is 9.90 Å². The van der Waals surface area contributed by atoms with Gasteiger partial charge >= 0.3 is 29.6 Å². The maximum absolute atomic E-state index is 9.76. The van der Waals surface area contributed by atoms with Crippen LogP contribution in [-0.4, -0.2) is 10.4 Å². The van der Waals surface area contributed by atoms with Crippen molar-refractivity contribution in [3.05, 3.63) is 0 Å². The van der Waals surface area contributed by atoms with Gasteiger partial charge in [-0.25, -0.2) is 0 Å². The third-order valence-electron chi connectivity index (χ3n) is 0.765. The molecule has 0 spiro atoms. The molecule has 0 fully saturated rings. The topological polar surface area (TPSA) is 40.1 Å². The number of alkyl halides is 1. The van der Waals surface area contributed by atoms with Crippen LogP contribution >= 0.6 is 22.6 Å². The Kier molecular flexibility index (Phi) is 13.1. The SMILES string of the molecule is O=C([O-])CCCCI.[Na+]. The molecule has 0 atom stereocenters. The van der Waals surface area contributed by atoms with Crippen molar-refractivity contribution in [3.8, 4) is 0 Å². The van der Waals surface area contributed by atoms with Crippen LogP contribution in [0.25, 0.3) is 0 Å². The van der Waals surface area contributed by atoms with Gasteiger partial charge in [-0.3, -0.25) is 0 Å². The molecule has 0 saturated carbocycles. The Morgan fingerprint density at radius 3 is 2.33 bits per heavy atom. The van der Waals surface area contributed by atoms with Crippen LogP contribution in [0.15, 0.2) is 0 Å². The van der Waals surface area contributed by atoms with E-state index in [-0.39, 0.29) is 36.0 Å². The van der Waals surface area contributed by atoms with E-state index < -0.39 is 5.97 Å². The second kappa shape index (κ2) is 9.20. The summed E-state index contributed by atoms with van der Waals surface area (Å²) in [5.74, 6) is -0.935. The molecule has 0 aliphatic heterocycles. The number of unbranched alkanes of at least 4 members (excludes halogenated alkanes) is 1. The van der Waals surface area contributed by atoms with Crippen LogP contribution in [0, 0.1) is 0 Å². The van der Waals surface area contributed by atoms with E-state index in [9.17, 15) is 9.90 Å². The summed E-state index contributed by atoms with van der Waals surface area (Å²) in [6, 6.07) is 0. The van der Waals surface area contributed by atoms with Crippen LogP contribution in [0.3, 0.4) is 0 Å². The van der Waals surface area contributed by atoms with Gasteiger partial charge in [0.2, 0.25) is 0 Å². The van der Waals surface area contributed by atoms with Crippen LogP contribution < -0.4 is 34.7 Å². The van der Waals surface area contributed by atoms with Gasteiger partial charge in [-0.2, -0.15) is 0 Å². The van der Waals surface area contributed by atoms with Crippen LogP contribution in [0.5, 0.6) is 0 Å². The normalized spacial score (nSPS) is 8.11. The van der Waals surface area contributed by atoms with Gasteiger partial charge in [0.05, 0.1) is 0 Å². The molecule has 4 heteroatoms. The predicted octanol–water partition coefficient (Wildman–Crippen LogP) is -2.65. The Labute approximate surface area is 90.8 Å². The molecule has 0 amide bonds. The van der Waals surface area contributed by atoms with Gasteiger partial charge in [-0.1, -0.05) is 22.6 Å². The first-order valence-corrected chi connectivity index (χ1v) is 4.05. The average Bonchev–Trinajstić information content (AvgIpc) is 1.66. The smallest absolute Gasteiger partial charge is 0.550 e. The first-order valence-electron chi connectivity index (χ1n) is 2.53. The van der Waals surface area contributed by atoms with E-state index in [1.165, 1.54) is 0 Å². The summed E-state index contributed by atoms with van der Waals surface area (Å²) in [5.41, 5.74) is 0. The minimum Gasteiger partial charge on any atom is -0.550 e. The van der Waals surface area contributed by atoms with Gasteiger partial charge in [0.15, 0.2) is 0 Å². The van der Waals surface area contributed by atoms with Crippen molar-refractivity contribution in [1.29, 1.82) is 0 Å². The monoisotopic (exact) mass is 250 g/mol. The van der Waals surface area contributed by atoms with Crippen molar-refractivity contribution in [2.45, 2.75) is 19.3 Å². The molecule has 0 aliphatic rings.